The van der Waals surface area contributed by atoms with Crippen molar-refractivity contribution in [3.8, 4) is 0 Å². The Balaban J connectivity index is 1.56. The topological polar surface area (TPSA) is 98.5 Å². The fraction of sp³-hybridized carbons (Fsp3) is 0.400. The summed E-state index contributed by atoms with van der Waals surface area (Å²) >= 11 is 2.74. The molecule has 8 nitrogen and oxygen atoms in total. The number of nitrogens with one attached hydrogen (secondary N) is 1. The van der Waals surface area contributed by atoms with Crippen LogP contribution in [0.25, 0.3) is 22.1 Å². The lowest BCUT2D eigenvalue weighted by Gasteiger charge is -2.12. The first kappa shape index (κ1) is 20.7. The average molecular weight is 442 g/mol. The molecule has 0 spiro atoms. The number of amides is 1. The lowest BCUT2D eigenvalue weighted by atomic mass is 10.2. The maximum Gasteiger partial charge on any atom is 0.239 e. The molecule has 4 rings (SSSR count). The van der Waals surface area contributed by atoms with Gasteiger partial charge in [-0.15, -0.1) is 20.4 Å². The largest absolute Gasteiger partial charge is 0.324 e. The molecule has 0 radical (unpaired) electrons. The summed E-state index contributed by atoms with van der Waals surface area (Å²) in [5.74, 6) is -0.124. The van der Waals surface area contributed by atoms with Crippen LogP contribution in [0.1, 0.15) is 38.6 Å². The van der Waals surface area contributed by atoms with Crippen molar-refractivity contribution in [3.05, 3.63) is 29.3 Å². The van der Waals surface area contributed by atoms with Gasteiger partial charge in [-0.3, -0.25) is 10.1 Å². The van der Waals surface area contributed by atoms with Gasteiger partial charge in [0.2, 0.25) is 16.2 Å². The minimum Gasteiger partial charge on any atom is -0.324 e. The Morgan fingerprint density at radius 1 is 1.17 bits per heavy atom. The molecule has 1 amide bonds. The number of anilines is 1. The van der Waals surface area contributed by atoms with Crippen LogP contribution >= 0.6 is 23.1 Å². The van der Waals surface area contributed by atoms with E-state index in [9.17, 15) is 4.79 Å². The first-order chi connectivity index (χ1) is 14.6. The Morgan fingerprint density at radius 3 is 2.77 bits per heavy atom. The van der Waals surface area contributed by atoms with E-state index in [1.165, 1.54) is 23.1 Å². The number of aromatic nitrogens is 6. The number of aryl methyl sites for hydroxylation is 2. The Kier molecular flexibility index (Phi) is 6.24. The maximum absolute atomic E-state index is 12.8. The van der Waals surface area contributed by atoms with Crippen molar-refractivity contribution in [1.29, 1.82) is 0 Å². The van der Waals surface area contributed by atoms with Crippen LogP contribution in [0.15, 0.2) is 29.4 Å². The molecule has 0 aliphatic rings. The average Bonchev–Trinajstić information content (AvgIpc) is 3.33. The van der Waals surface area contributed by atoms with Gasteiger partial charge in [0.05, 0.1) is 10.8 Å². The molecule has 0 fully saturated rings. The molecule has 10 heteroatoms. The third-order valence-electron chi connectivity index (χ3n) is 4.74. The number of para-hydroxylation sites is 1. The quantitative estimate of drug-likeness (QED) is 0.407. The second kappa shape index (κ2) is 9.05. The normalized spacial score (nSPS) is 12.5. The number of hydrogen-bond donors (Lipinski definition) is 1. The molecule has 156 valence electrons. The molecular weight excluding hydrogens is 418 g/mol. The Labute approximate surface area is 182 Å². The molecule has 3 heterocycles. The van der Waals surface area contributed by atoms with Crippen LogP contribution < -0.4 is 5.32 Å². The zero-order valence-corrected chi connectivity index (χ0v) is 18.8. The van der Waals surface area contributed by atoms with Crippen LogP contribution in [-0.4, -0.2) is 41.1 Å². The monoisotopic (exact) mass is 441 g/mol. The molecule has 0 aliphatic carbocycles. The van der Waals surface area contributed by atoms with Gasteiger partial charge in [0.25, 0.3) is 0 Å². The van der Waals surface area contributed by atoms with Gasteiger partial charge in [-0.05, 0) is 25.8 Å². The number of nitrogens with zero attached hydrogens (tertiary/aromatic N) is 6. The zero-order chi connectivity index (χ0) is 21.1. The Bertz CT molecular complexity index is 1190. The number of carbonyl (C=O) groups is 1. The van der Waals surface area contributed by atoms with E-state index < -0.39 is 0 Å². The Hall–Kier alpha value is -2.59. The zero-order valence-electron chi connectivity index (χ0n) is 17.1. The van der Waals surface area contributed by atoms with Crippen molar-refractivity contribution in [3.63, 3.8) is 0 Å². The standard InChI is InChI=1S/C20H23N7OS2/c1-4-9-15-23-25-20(30-15)22-18(28)14(5-2)29-19-21-17-16(24-26-19)12-10-7-8-11-13(12)27(17)6-3/h7-8,10-11,14H,4-6,9H2,1-3H3,(H,22,25,28). The summed E-state index contributed by atoms with van der Waals surface area (Å²) < 4.78 is 2.13. The van der Waals surface area contributed by atoms with Gasteiger partial charge in [-0.1, -0.05) is 55.1 Å². The van der Waals surface area contributed by atoms with Crippen LogP contribution in [0, 0.1) is 0 Å². The fourth-order valence-electron chi connectivity index (χ4n) is 3.31. The van der Waals surface area contributed by atoms with E-state index in [-0.39, 0.29) is 11.2 Å². The maximum atomic E-state index is 12.8. The third kappa shape index (κ3) is 4.01. The SMILES string of the molecule is CCCc1nnc(NC(=O)C(CC)Sc2nnc3c4ccccc4n(CC)c3n2)s1. The minimum absolute atomic E-state index is 0.124. The highest BCUT2D eigenvalue weighted by Gasteiger charge is 2.22. The van der Waals surface area contributed by atoms with Gasteiger partial charge in [0.1, 0.15) is 10.5 Å². The van der Waals surface area contributed by atoms with Gasteiger partial charge >= 0.3 is 0 Å². The van der Waals surface area contributed by atoms with Gasteiger partial charge < -0.3 is 4.57 Å². The number of carbonyl (C=O) groups excluding carboxylic acids is 1. The highest BCUT2D eigenvalue weighted by Crippen LogP contribution is 2.29. The first-order valence-electron chi connectivity index (χ1n) is 10.1. The molecule has 1 atom stereocenters. The molecule has 0 bridgehead atoms. The van der Waals surface area contributed by atoms with Crippen LogP contribution in [0.3, 0.4) is 0 Å². The van der Waals surface area contributed by atoms with Gasteiger partial charge in [0.15, 0.2) is 5.65 Å². The van der Waals surface area contributed by atoms with Crippen molar-refractivity contribution in [2.45, 2.75) is 57.0 Å². The summed E-state index contributed by atoms with van der Waals surface area (Å²) in [6.07, 6.45) is 2.50. The summed E-state index contributed by atoms with van der Waals surface area (Å²) in [6, 6.07) is 8.09. The van der Waals surface area contributed by atoms with Crippen LogP contribution in [-0.2, 0) is 17.8 Å². The van der Waals surface area contributed by atoms with Gasteiger partial charge in [-0.25, -0.2) is 4.98 Å². The lowest BCUT2D eigenvalue weighted by Crippen LogP contribution is -2.24. The van der Waals surface area contributed by atoms with Crippen LogP contribution in [0.4, 0.5) is 5.13 Å². The summed E-state index contributed by atoms with van der Waals surface area (Å²) in [6.45, 7) is 6.92. The molecule has 1 aromatic carbocycles. The lowest BCUT2D eigenvalue weighted by molar-refractivity contribution is -0.115. The van der Waals surface area contributed by atoms with E-state index >= 15 is 0 Å². The smallest absolute Gasteiger partial charge is 0.239 e. The molecule has 0 saturated carbocycles. The number of rotatable bonds is 8. The summed E-state index contributed by atoms with van der Waals surface area (Å²) in [5, 5.41) is 22.4. The second-order valence-electron chi connectivity index (χ2n) is 6.78. The number of benzene rings is 1. The summed E-state index contributed by atoms with van der Waals surface area (Å²) in [5.41, 5.74) is 2.66. The van der Waals surface area contributed by atoms with E-state index in [1.54, 1.807) is 0 Å². The molecule has 1 unspecified atom stereocenters. The van der Waals surface area contributed by atoms with E-state index in [2.05, 4.69) is 50.2 Å². The highest BCUT2D eigenvalue weighted by atomic mass is 32.2. The van der Waals surface area contributed by atoms with Crippen molar-refractivity contribution in [2.75, 3.05) is 5.32 Å². The summed E-state index contributed by atoms with van der Waals surface area (Å²) in [4.78, 5) is 17.5. The molecule has 1 N–H and O–H groups in total. The molecular formula is C20H23N7OS2. The minimum atomic E-state index is -0.345. The van der Waals surface area contributed by atoms with E-state index in [0.717, 1.165) is 46.5 Å². The van der Waals surface area contributed by atoms with E-state index in [4.69, 9.17) is 4.98 Å². The second-order valence-corrected chi connectivity index (χ2v) is 9.01. The van der Waals surface area contributed by atoms with Crippen molar-refractivity contribution in [2.24, 2.45) is 0 Å². The van der Waals surface area contributed by atoms with Crippen molar-refractivity contribution >= 4 is 56.2 Å². The predicted molar refractivity (Wildman–Crippen MR) is 121 cm³/mol. The van der Waals surface area contributed by atoms with Gasteiger partial charge in [-0.2, -0.15) is 0 Å². The fourth-order valence-corrected chi connectivity index (χ4v) is 4.97. The van der Waals surface area contributed by atoms with Crippen LogP contribution in [0.5, 0.6) is 0 Å². The number of fused-ring (bicyclic) bond motifs is 3. The highest BCUT2D eigenvalue weighted by molar-refractivity contribution is 8.00. The Morgan fingerprint density at radius 2 is 2.00 bits per heavy atom. The van der Waals surface area contributed by atoms with Crippen molar-refractivity contribution in [1.82, 2.24) is 29.9 Å². The molecule has 4 aromatic rings. The molecule has 0 saturated heterocycles. The number of hydrogen-bond acceptors (Lipinski definition) is 8. The first-order valence-corrected chi connectivity index (χ1v) is 11.8. The molecule has 0 aliphatic heterocycles. The van der Waals surface area contributed by atoms with Gasteiger partial charge in [0, 0.05) is 18.4 Å². The number of thioether (sulfide) groups is 1. The molecule has 30 heavy (non-hydrogen) atoms. The molecule has 3 aromatic heterocycles. The third-order valence-corrected chi connectivity index (χ3v) is 6.86. The van der Waals surface area contributed by atoms with E-state index in [1.807, 2.05) is 25.1 Å². The van der Waals surface area contributed by atoms with Crippen LogP contribution in [0.2, 0.25) is 0 Å². The summed E-state index contributed by atoms with van der Waals surface area (Å²) in [7, 11) is 0. The van der Waals surface area contributed by atoms with E-state index in [0.29, 0.717) is 16.7 Å². The van der Waals surface area contributed by atoms with Crippen molar-refractivity contribution < 1.29 is 4.79 Å². The predicted octanol–water partition coefficient (Wildman–Crippen LogP) is 4.31.